The Bertz CT molecular complexity index is 635. The van der Waals surface area contributed by atoms with Crippen molar-refractivity contribution in [1.29, 1.82) is 0 Å². The minimum atomic E-state index is -1.12. The van der Waals surface area contributed by atoms with E-state index in [-0.39, 0.29) is 6.42 Å². The molecule has 4 nitrogen and oxygen atoms in total. The van der Waals surface area contributed by atoms with Crippen LogP contribution in [0.25, 0.3) is 0 Å². The molecule has 2 aromatic rings. The molecule has 2 rings (SSSR count). The summed E-state index contributed by atoms with van der Waals surface area (Å²) in [5, 5.41) is 9.84. The van der Waals surface area contributed by atoms with Gasteiger partial charge in [-0.15, -0.1) is 0 Å². The summed E-state index contributed by atoms with van der Waals surface area (Å²) in [7, 11) is 0. The average Bonchev–Trinajstić information content (AvgIpc) is 2.45. The monoisotopic (exact) mass is 292 g/mol. The molecule has 1 atom stereocenters. The van der Waals surface area contributed by atoms with Crippen molar-refractivity contribution in [3.05, 3.63) is 65.7 Å². The lowest BCUT2D eigenvalue weighted by Gasteiger charge is -2.12. The fourth-order valence-corrected chi connectivity index (χ4v) is 1.77. The third-order valence-corrected chi connectivity index (χ3v) is 2.78. The maximum atomic E-state index is 13.0. The van der Waals surface area contributed by atoms with E-state index in [9.17, 15) is 18.7 Å². The van der Waals surface area contributed by atoms with E-state index >= 15 is 0 Å². The summed E-state index contributed by atoms with van der Waals surface area (Å²) in [5.74, 6) is -1.42. The van der Waals surface area contributed by atoms with E-state index in [0.717, 1.165) is 6.07 Å². The van der Waals surface area contributed by atoms with E-state index in [1.165, 1.54) is 36.4 Å². The Morgan fingerprint density at radius 3 is 2.43 bits per heavy atom. The number of aliphatic hydroxyl groups excluding tert-OH is 1. The largest absolute Gasteiger partial charge is 0.388 e. The number of benzene rings is 2. The second-order valence-corrected chi connectivity index (χ2v) is 4.46. The molecule has 0 radical (unpaired) electrons. The number of hydrogen-bond donors (Lipinski definition) is 3. The van der Waals surface area contributed by atoms with Gasteiger partial charge in [0, 0.05) is 0 Å². The number of hydrazine groups is 1. The molecule has 1 amide bonds. The lowest BCUT2D eigenvalue weighted by atomic mass is 10.1. The number of halogens is 2. The van der Waals surface area contributed by atoms with Crippen LogP contribution in [0.2, 0.25) is 0 Å². The molecule has 0 bridgehead atoms. The van der Waals surface area contributed by atoms with E-state index < -0.39 is 23.6 Å². The minimum Gasteiger partial charge on any atom is -0.388 e. The van der Waals surface area contributed by atoms with Crippen molar-refractivity contribution in [2.45, 2.75) is 12.5 Å². The summed E-state index contributed by atoms with van der Waals surface area (Å²) in [6.45, 7) is 0. The standard InChI is InChI=1S/C15H14F2N2O2/c16-11-4-1-3-10(7-11)14(20)9-15(21)19-18-13-6-2-5-12(17)8-13/h1-8,14,18,20H,9H2,(H,19,21). The summed E-state index contributed by atoms with van der Waals surface area (Å²) in [4.78, 5) is 11.6. The predicted molar refractivity (Wildman–Crippen MR) is 74.1 cm³/mol. The zero-order valence-electron chi connectivity index (χ0n) is 11.0. The number of rotatable bonds is 5. The van der Waals surface area contributed by atoms with Crippen LogP contribution < -0.4 is 10.9 Å². The summed E-state index contributed by atoms with van der Waals surface area (Å²) in [6, 6.07) is 11.0. The molecule has 0 aromatic heterocycles. The van der Waals surface area contributed by atoms with Crippen molar-refractivity contribution in [2.24, 2.45) is 0 Å². The van der Waals surface area contributed by atoms with E-state index in [1.54, 1.807) is 6.07 Å². The van der Waals surface area contributed by atoms with Crippen molar-refractivity contribution in [2.75, 3.05) is 5.43 Å². The van der Waals surface area contributed by atoms with Crippen molar-refractivity contribution in [1.82, 2.24) is 5.43 Å². The van der Waals surface area contributed by atoms with Gasteiger partial charge in [0.05, 0.1) is 18.2 Å². The Morgan fingerprint density at radius 1 is 1.10 bits per heavy atom. The Hall–Kier alpha value is -2.47. The Morgan fingerprint density at radius 2 is 1.76 bits per heavy atom. The van der Waals surface area contributed by atoms with Gasteiger partial charge in [-0.2, -0.15) is 0 Å². The fourth-order valence-electron chi connectivity index (χ4n) is 1.77. The summed E-state index contributed by atoms with van der Waals surface area (Å²) in [5.41, 5.74) is 5.55. The second-order valence-electron chi connectivity index (χ2n) is 4.46. The van der Waals surface area contributed by atoms with E-state index in [0.29, 0.717) is 11.3 Å². The molecule has 6 heteroatoms. The van der Waals surface area contributed by atoms with Gasteiger partial charge in [0.25, 0.3) is 0 Å². The van der Waals surface area contributed by atoms with Gasteiger partial charge in [-0.25, -0.2) is 8.78 Å². The SMILES string of the molecule is O=C(CC(O)c1cccc(F)c1)NNc1cccc(F)c1. The second kappa shape index (κ2) is 6.81. The molecule has 0 fully saturated rings. The zero-order chi connectivity index (χ0) is 15.2. The van der Waals surface area contributed by atoms with Crippen molar-refractivity contribution >= 4 is 11.6 Å². The van der Waals surface area contributed by atoms with Gasteiger partial charge in [-0.3, -0.25) is 15.6 Å². The third-order valence-electron chi connectivity index (χ3n) is 2.78. The van der Waals surface area contributed by atoms with E-state index in [2.05, 4.69) is 10.9 Å². The highest BCUT2D eigenvalue weighted by atomic mass is 19.1. The van der Waals surface area contributed by atoms with Gasteiger partial charge in [-0.05, 0) is 35.9 Å². The Balaban J connectivity index is 1.87. The number of aliphatic hydroxyl groups is 1. The van der Waals surface area contributed by atoms with E-state index in [1.807, 2.05) is 0 Å². The molecule has 0 aliphatic carbocycles. The summed E-state index contributed by atoms with van der Waals surface area (Å²) < 4.78 is 25.9. The Labute approximate surface area is 120 Å². The number of anilines is 1. The van der Waals surface area contributed by atoms with Crippen LogP contribution in [0.3, 0.4) is 0 Å². The van der Waals surface area contributed by atoms with Crippen LogP contribution in [-0.2, 0) is 4.79 Å². The first-order valence-electron chi connectivity index (χ1n) is 6.28. The number of nitrogens with one attached hydrogen (secondary N) is 2. The van der Waals surface area contributed by atoms with Gasteiger partial charge >= 0.3 is 0 Å². The Kier molecular flexibility index (Phi) is 4.84. The van der Waals surface area contributed by atoms with Crippen LogP contribution >= 0.6 is 0 Å². The zero-order valence-corrected chi connectivity index (χ0v) is 11.0. The molecule has 1 unspecified atom stereocenters. The van der Waals surface area contributed by atoms with Crippen LogP contribution in [0, 0.1) is 11.6 Å². The van der Waals surface area contributed by atoms with Crippen LogP contribution in [0.15, 0.2) is 48.5 Å². The molecule has 0 saturated carbocycles. The highest BCUT2D eigenvalue weighted by molar-refractivity contribution is 5.78. The molecule has 0 spiro atoms. The molecule has 110 valence electrons. The summed E-state index contributed by atoms with van der Waals surface area (Å²) >= 11 is 0. The van der Waals surface area contributed by atoms with Gasteiger partial charge in [0.15, 0.2) is 0 Å². The molecular formula is C15H14F2N2O2. The molecule has 0 aliphatic rings. The van der Waals surface area contributed by atoms with Crippen LogP contribution in [-0.4, -0.2) is 11.0 Å². The lowest BCUT2D eigenvalue weighted by molar-refractivity contribution is -0.122. The number of amides is 1. The third kappa shape index (κ3) is 4.54. The topological polar surface area (TPSA) is 61.4 Å². The number of hydrogen-bond acceptors (Lipinski definition) is 3. The first-order chi connectivity index (χ1) is 10.0. The fraction of sp³-hybridized carbons (Fsp3) is 0.133. The maximum Gasteiger partial charge on any atom is 0.241 e. The molecule has 0 aliphatic heterocycles. The quantitative estimate of drug-likeness (QED) is 0.742. The smallest absolute Gasteiger partial charge is 0.241 e. The van der Waals surface area contributed by atoms with Gasteiger partial charge in [0.1, 0.15) is 11.6 Å². The molecule has 0 heterocycles. The van der Waals surface area contributed by atoms with Crippen LogP contribution in [0.5, 0.6) is 0 Å². The highest BCUT2D eigenvalue weighted by Gasteiger charge is 2.13. The maximum absolute atomic E-state index is 13.0. The van der Waals surface area contributed by atoms with Gasteiger partial charge in [-0.1, -0.05) is 18.2 Å². The molecule has 0 saturated heterocycles. The lowest BCUT2D eigenvalue weighted by Crippen LogP contribution is -2.30. The van der Waals surface area contributed by atoms with Gasteiger partial charge in [0.2, 0.25) is 5.91 Å². The number of carbonyl (C=O) groups is 1. The minimum absolute atomic E-state index is 0.244. The predicted octanol–water partition coefficient (Wildman–Crippen LogP) is 2.53. The normalized spacial score (nSPS) is 11.8. The van der Waals surface area contributed by atoms with Crippen molar-refractivity contribution in [3.8, 4) is 0 Å². The average molecular weight is 292 g/mol. The highest BCUT2D eigenvalue weighted by Crippen LogP contribution is 2.17. The first-order valence-corrected chi connectivity index (χ1v) is 6.28. The van der Waals surface area contributed by atoms with Gasteiger partial charge < -0.3 is 5.11 Å². The number of carbonyl (C=O) groups excluding carboxylic acids is 1. The molecular weight excluding hydrogens is 278 g/mol. The van der Waals surface area contributed by atoms with Crippen LogP contribution in [0.4, 0.5) is 14.5 Å². The molecule has 21 heavy (non-hydrogen) atoms. The first kappa shape index (κ1) is 14.9. The van der Waals surface area contributed by atoms with Crippen LogP contribution in [0.1, 0.15) is 18.1 Å². The van der Waals surface area contributed by atoms with E-state index in [4.69, 9.17) is 0 Å². The van der Waals surface area contributed by atoms with Crippen molar-refractivity contribution < 1.29 is 18.7 Å². The molecule has 2 aromatic carbocycles. The molecule has 3 N–H and O–H groups in total. The summed E-state index contributed by atoms with van der Waals surface area (Å²) in [6.07, 6.45) is -1.36. The van der Waals surface area contributed by atoms with Crippen molar-refractivity contribution in [3.63, 3.8) is 0 Å².